The Bertz CT molecular complexity index is 615. The molecule has 0 atom stereocenters. The number of pyridine rings is 1. The van der Waals surface area contributed by atoms with Crippen molar-refractivity contribution in [1.82, 2.24) is 4.98 Å². The second kappa shape index (κ2) is 5.10. The molecule has 0 unspecified atom stereocenters. The molecule has 4 heteroatoms. The van der Waals surface area contributed by atoms with Gasteiger partial charge in [0.25, 0.3) is 0 Å². The van der Waals surface area contributed by atoms with Crippen LogP contribution in [-0.4, -0.2) is 16.1 Å². The number of ether oxygens (including phenoxy) is 1. The SMILES string of the molecule is Cc1cc(C)cc(Oc2ncc(C(=O)O)cc2C)c1. The van der Waals surface area contributed by atoms with E-state index in [1.165, 1.54) is 6.20 Å². The van der Waals surface area contributed by atoms with E-state index < -0.39 is 5.97 Å². The molecule has 2 rings (SSSR count). The molecule has 0 aliphatic carbocycles. The molecule has 1 N–H and O–H groups in total. The smallest absolute Gasteiger partial charge is 0.337 e. The van der Waals surface area contributed by atoms with Crippen LogP contribution in [0.5, 0.6) is 11.6 Å². The van der Waals surface area contributed by atoms with Gasteiger partial charge in [-0.2, -0.15) is 0 Å². The highest BCUT2D eigenvalue weighted by molar-refractivity contribution is 5.87. The van der Waals surface area contributed by atoms with Crippen LogP contribution < -0.4 is 4.74 Å². The molecule has 19 heavy (non-hydrogen) atoms. The Morgan fingerprint density at radius 1 is 1.11 bits per heavy atom. The largest absolute Gasteiger partial charge is 0.478 e. The number of carbonyl (C=O) groups is 1. The molecular weight excluding hydrogens is 242 g/mol. The molecule has 1 aromatic carbocycles. The van der Waals surface area contributed by atoms with Gasteiger partial charge in [-0.3, -0.25) is 0 Å². The number of aryl methyl sites for hydroxylation is 3. The molecule has 0 spiro atoms. The number of rotatable bonds is 3. The fourth-order valence-corrected chi connectivity index (χ4v) is 1.89. The van der Waals surface area contributed by atoms with Gasteiger partial charge >= 0.3 is 5.97 Å². The van der Waals surface area contributed by atoms with Gasteiger partial charge in [-0.25, -0.2) is 9.78 Å². The first-order valence-corrected chi connectivity index (χ1v) is 5.92. The summed E-state index contributed by atoms with van der Waals surface area (Å²) in [4.78, 5) is 14.9. The molecule has 2 aromatic rings. The van der Waals surface area contributed by atoms with Crippen LogP contribution in [0.4, 0.5) is 0 Å². The van der Waals surface area contributed by atoms with Crippen molar-refractivity contribution in [3.8, 4) is 11.6 Å². The van der Waals surface area contributed by atoms with Crippen molar-refractivity contribution in [2.75, 3.05) is 0 Å². The van der Waals surface area contributed by atoms with Crippen molar-refractivity contribution < 1.29 is 14.6 Å². The van der Waals surface area contributed by atoms with Crippen molar-refractivity contribution in [1.29, 1.82) is 0 Å². The van der Waals surface area contributed by atoms with E-state index in [1.807, 2.05) is 26.0 Å². The van der Waals surface area contributed by atoms with Gasteiger partial charge in [0.15, 0.2) is 0 Å². The summed E-state index contributed by atoms with van der Waals surface area (Å²) < 4.78 is 5.70. The normalized spacial score (nSPS) is 10.3. The average Bonchev–Trinajstić information content (AvgIpc) is 2.30. The minimum absolute atomic E-state index is 0.158. The second-order valence-electron chi connectivity index (χ2n) is 4.58. The lowest BCUT2D eigenvalue weighted by molar-refractivity contribution is 0.0696. The molecule has 0 radical (unpaired) electrons. The van der Waals surface area contributed by atoms with E-state index in [-0.39, 0.29) is 5.56 Å². The number of hydrogen-bond donors (Lipinski definition) is 1. The van der Waals surface area contributed by atoms with Crippen LogP contribution in [0.1, 0.15) is 27.0 Å². The first kappa shape index (κ1) is 13.1. The van der Waals surface area contributed by atoms with Crippen molar-refractivity contribution >= 4 is 5.97 Å². The van der Waals surface area contributed by atoms with Crippen LogP contribution in [0.15, 0.2) is 30.5 Å². The lowest BCUT2D eigenvalue weighted by Gasteiger charge is -2.09. The monoisotopic (exact) mass is 257 g/mol. The van der Waals surface area contributed by atoms with Gasteiger partial charge < -0.3 is 9.84 Å². The van der Waals surface area contributed by atoms with Crippen LogP contribution in [-0.2, 0) is 0 Å². The highest BCUT2D eigenvalue weighted by Gasteiger charge is 2.09. The van der Waals surface area contributed by atoms with Crippen molar-refractivity contribution in [2.45, 2.75) is 20.8 Å². The van der Waals surface area contributed by atoms with Crippen molar-refractivity contribution in [3.05, 3.63) is 52.7 Å². The Kier molecular flexibility index (Phi) is 3.51. The maximum absolute atomic E-state index is 10.8. The number of hydrogen-bond acceptors (Lipinski definition) is 3. The summed E-state index contributed by atoms with van der Waals surface area (Å²) >= 11 is 0. The van der Waals surface area contributed by atoms with Crippen LogP contribution in [0.2, 0.25) is 0 Å². The Hall–Kier alpha value is -2.36. The quantitative estimate of drug-likeness (QED) is 0.914. The number of aromatic carboxylic acids is 1. The number of aromatic nitrogens is 1. The molecule has 98 valence electrons. The molecule has 0 bridgehead atoms. The molecule has 0 aliphatic rings. The lowest BCUT2D eigenvalue weighted by Crippen LogP contribution is -2.00. The van der Waals surface area contributed by atoms with Crippen molar-refractivity contribution in [2.24, 2.45) is 0 Å². The number of carboxylic acids is 1. The van der Waals surface area contributed by atoms with Crippen LogP contribution in [0, 0.1) is 20.8 Å². The molecule has 0 fully saturated rings. The summed E-state index contributed by atoms with van der Waals surface area (Å²) in [6, 6.07) is 7.44. The third kappa shape index (κ3) is 3.10. The van der Waals surface area contributed by atoms with E-state index in [0.717, 1.165) is 11.1 Å². The second-order valence-corrected chi connectivity index (χ2v) is 4.58. The van der Waals surface area contributed by atoms with E-state index in [1.54, 1.807) is 13.0 Å². The molecule has 0 aliphatic heterocycles. The van der Waals surface area contributed by atoms with Gasteiger partial charge in [-0.1, -0.05) is 6.07 Å². The molecule has 0 saturated carbocycles. The predicted molar refractivity (Wildman–Crippen MR) is 71.9 cm³/mol. The number of nitrogens with zero attached hydrogens (tertiary/aromatic N) is 1. The molecule has 1 aromatic heterocycles. The highest BCUT2D eigenvalue weighted by Crippen LogP contribution is 2.25. The first-order valence-electron chi connectivity index (χ1n) is 5.92. The summed E-state index contributed by atoms with van der Waals surface area (Å²) in [6.07, 6.45) is 1.30. The van der Waals surface area contributed by atoms with E-state index in [9.17, 15) is 4.79 Å². The van der Waals surface area contributed by atoms with E-state index in [0.29, 0.717) is 17.2 Å². The molecule has 0 amide bonds. The van der Waals surface area contributed by atoms with E-state index >= 15 is 0 Å². The lowest BCUT2D eigenvalue weighted by atomic mass is 10.1. The minimum Gasteiger partial charge on any atom is -0.478 e. The van der Waals surface area contributed by atoms with Crippen LogP contribution in [0.25, 0.3) is 0 Å². The number of carboxylic acid groups (broad SMARTS) is 1. The summed E-state index contributed by atoms with van der Waals surface area (Å²) in [6.45, 7) is 5.76. The maximum Gasteiger partial charge on any atom is 0.337 e. The van der Waals surface area contributed by atoms with Gasteiger partial charge in [0.2, 0.25) is 5.88 Å². The third-order valence-corrected chi connectivity index (χ3v) is 2.69. The fourth-order valence-electron chi connectivity index (χ4n) is 1.89. The summed E-state index contributed by atoms with van der Waals surface area (Å²) in [7, 11) is 0. The predicted octanol–water partition coefficient (Wildman–Crippen LogP) is 3.50. The van der Waals surface area contributed by atoms with Gasteiger partial charge in [-0.15, -0.1) is 0 Å². The molecule has 0 saturated heterocycles. The van der Waals surface area contributed by atoms with Crippen LogP contribution >= 0.6 is 0 Å². The molecule has 1 heterocycles. The highest BCUT2D eigenvalue weighted by atomic mass is 16.5. The Morgan fingerprint density at radius 2 is 1.74 bits per heavy atom. The Labute approximate surface area is 111 Å². The van der Waals surface area contributed by atoms with Gasteiger partial charge in [0.05, 0.1) is 5.56 Å². The third-order valence-electron chi connectivity index (χ3n) is 2.69. The van der Waals surface area contributed by atoms with Gasteiger partial charge in [0.1, 0.15) is 5.75 Å². The summed E-state index contributed by atoms with van der Waals surface area (Å²) in [5.41, 5.74) is 3.06. The number of benzene rings is 1. The topological polar surface area (TPSA) is 59.4 Å². The van der Waals surface area contributed by atoms with Crippen molar-refractivity contribution in [3.63, 3.8) is 0 Å². The van der Waals surface area contributed by atoms with Gasteiger partial charge in [0, 0.05) is 11.8 Å². The standard InChI is InChI=1S/C15H15NO3/c1-9-4-10(2)6-13(5-9)19-14-11(3)7-12(8-16-14)15(17)18/h4-8H,1-3H3,(H,17,18). The maximum atomic E-state index is 10.8. The van der Waals surface area contributed by atoms with E-state index in [2.05, 4.69) is 11.1 Å². The zero-order valence-corrected chi connectivity index (χ0v) is 11.1. The van der Waals surface area contributed by atoms with Crippen LogP contribution in [0.3, 0.4) is 0 Å². The first-order chi connectivity index (χ1) is 8.95. The molecule has 4 nitrogen and oxygen atoms in total. The Morgan fingerprint density at radius 3 is 2.26 bits per heavy atom. The Balaban J connectivity index is 2.30. The zero-order chi connectivity index (χ0) is 14.0. The van der Waals surface area contributed by atoms with E-state index in [4.69, 9.17) is 9.84 Å². The fraction of sp³-hybridized carbons (Fsp3) is 0.200. The average molecular weight is 257 g/mol. The summed E-state index contributed by atoms with van der Waals surface area (Å²) in [5, 5.41) is 8.88. The molecular formula is C15H15NO3. The summed E-state index contributed by atoms with van der Waals surface area (Å²) in [5.74, 6) is 0.139. The zero-order valence-electron chi connectivity index (χ0n) is 11.1. The van der Waals surface area contributed by atoms with Gasteiger partial charge in [-0.05, 0) is 50.1 Å². The minimum atomic E-state index is -0.992.